The molecule has 0 aliphatic carbocycles. The number of pyridine rings is 1. The van der Waals surface area contributed by atoms with E-state index in [1.165, 1.54) is 0 Å². The fourth-order valence-corrected chi connectivity index (χ4v) is 4.20. The molecule has 1 atom stereocenters. The number of hydrogen-bond donors (Lipinski definition) is 2. The van der Waals surface area contributed by atoms with E-state index in [1.807, 2.05) is 12.1 Å². The van der Waals surface area contributed by atoms with E-state index < -0.39 is 15.9 Å². The van der Waals surface area contributed by atoms with Crippen molar-refractivity contribution in [2.75, 3.05) is 22.8 Å². The summed E-state index contributed by atoms with van der Waals surface area (Å²) in [5.41, 5.74) is 3.49. The first-order valence-electron chi connectivity index (χ1n) is 8.92. The number of hydrogen-bond acceptors (Lipinski definition) is 5. The Balaban J connectivity index is 1.75. The van der Waals surface area contributed by atoms with Crippen LogP contribution in [0.3, 0.4) is 0 Å². The van der Waals surface area contributed by atoms with Gasteiger partial charge in [-0.15, -0.1) is 0 Å². The summed E-state index contributed by atoms with van der Waals surface area (Å²) in [6.45, 7) is 0.447. The number of ketones is 1. The molecule has 1 aliphatic heterocycles. The van der Waals surface area contributed by atoms with Gasteiger partial charge in [-0.05, 0) is 53.6 Å². The maximum absolute atomic E-state index is 13.2. The lowest BCUT2D eigenvalue weighted by Crippen LogP contribution is -2.15. The van der Waals surface area contributed by atoms with Crippen molar-refractivity contribution < 1.29 is 13.2 Å². The third-order valence-corrected chi connectivity index (χ3v) is 5.59. The smallest absolute Gasteiger partial charge is 0.229 e. The highest BCUT2D eigenvalue weighted by Crippen LogP contribution is 2.40. The average Bonchev–Trinajstić information content (AvgIpc) is 3.11. The molecule has 3 aromatic rings. The average molecular weight is 428 g/mol. The van der Waals surface area contributed by atoms with Crippen LogP contribution in [0.5, 0.6) is 0 Å². The lowest BCUT2D eigenvalue weighted by molar-refractivity contribution is 0.0966. The Morgan fingerprint density at radius 1 is 1.17 bits per heavy atom. The van der Waals surface area contributed by atoms with Crippen LogP contribution in [-0.4, -0.2) is 32.0 Å². The van der Waals surface area contributed by atoms with Crippen molar-refractivity contribution in [1.82, 2.24) is 4.98 Å². The number of carbonyl (C=O) groups excluding carboxylic acids is 1. The van der Waals surface area contributed by atoms with Gasteiger partial charge >= 0.3 is 0 Å². The Bertz CT molecular complexity index is 1190. The highest BCUT2D eigenvalue weighted by atomic mass is 35.5. The molecule has 1 aromatic heterocycles. The van der Waals surface area contributed by atoms with Crippen molar-refractivity contribution in [2.45, 2.75) is 5.92 Å². The number of anilines is 2. The van der Waals surface area contributed by atoms with Crippen molar-refractivity contribution in [3.05, 3.63) is 76.9 Å². The van der Waals surface area contributed by atoms with Crippen molar-refractivity contribution in [2.24, 2.45) is 0 Å². The normalized spacial score (nSPS) is 15.4. The van der Waals surface area contributed by atoms with Gasteiger partial charge in [0.2, 0.25) is 10.0 Å². The second-order valence-electron chi connectivity index (χ2n) is 6.88. The summed E-state index contributed by atoms with van der Waals surface area (Å²) in [4.78, 5) is 17.5. The minimum Gasteiger partial charge on any atom is -0.369 e. The largest absolute Gasteiger partial charge is 0.369 e. The molecule has 0 amide bonds. The third kappa shape index (κ3) is 4.11. The number of fused-ring (bicyclic) bond motifs is 1. The Morgan fingerprint density at radius 3 is 2.66 bits per heavy atom. The molecular weight excluding hydrogens is 410 g/mol. The van der Waals surface area contributed by atoms with E-state index in [4.69, 9.17) is 11.6 Å². The molecule has 4 rings (SSSR count). The molecule has 2 aromatic carbocycles. The second kappa shape index (κ2) is 7.50. The number of sulfonamides is 1. The van der Waals surface area contributed by atoms with Crippen LogP contribution in [0.1, 0.15) is 21.8 Å². The summed E-state index contributed by atoms with van der Waals surface area (Å²) in [7, 11) is -3.39. The maximum atomic E-state index is 13.2. The van der Waals surface area contributed by atoms with Crippen LogP contribution in [0.2, 0.25) is 5.02 Å². The molecule has 0 saturated carbocycles. The zero-order chi connectivity index (χ0) is 20.6. The lowest BCUT2D eigenvalue weighted by Gasteiger charge is -2.15. The summed E-state index contributed by atoms with van der Waals surface area (Å²) in [5, 5.41) is 3.78. The molecule has 0 fully saturated rings. The number of rotatable bonds is 5. The molecular formula is C21H18ClN3O3S. The van der Waals surface area contributed by atoms with Crippen LogP contribution in [-0.2, 0) is 10.0 Å². The SMILES string of the molecule is CS(=O)(=O)Nc1cccc(-c2ccnc3c2C(C(=O)c2ccc(Cl)cc2)CN3)c1. The van der Waals surface area contributed by atoms with E-state index in [9.17, 15) is 13.2 Å². The van der Waals surface area contributed by atoms with Crippen molar-refractivity contribution in [3.8, 4) is 11.1 Å². The fraction of sp³-hybridized carbons (Fsp3) is 0.143. The van der Waals surface area contributed by atoms with Gasteiger partial charge in [-0.3, -0.25) is 9.52 Å². The van der Waals surface area contributed by atoms with Crippen LogP contribution in [0.25, 0.3) is 11.1 Å². The molecule has 0 bridgehead atoms. The van der Waals surface area contributed by atoms with Gasteiger partial charge in [0.15, 0.2) is 5.78 Å². The third-order valence-electron chi connectivity index (χ3n) is 4.73. The van der Waals surface area contributed by atoms with E-state index in [2.05, 4.69) is 15.0 Å². The van der Waals surface area contributed by atoms with Crippen molar-refractivity contribution >= 4 is 38.9 Å². The summed E-state index contributed by atoms with van der Waals surface area (Å²) in [5.74, 6) is 0.241. The van der Waals surface area contributed by atoms with Gasteiger partial charge in [-0.1, -0.05) is 23.7 Å². The predicted octanol–water partition coefficient (Wildman–Crippen LogP) is 4.17. The lowest BCUT2D eigenvalue weighted by atomic mass is 9.88. The van der Waals surface area contributed by atoms with Gasteiger partial charge in [0, 0.05) is 34.6 Å². The van der Waals surface area contributed by atoms with Gasteiger partial charge in [0.05, 0.1) is 12.2 Å². The van der Waals surface area contributed by atoms with Gasteiger partial charge in [-0.25, -0.2) is 13.4 Å². The quantitative estimate of drug-likeness (QED) is 0.597. The van der Waals surface area contributed by atoms with Gasteiger partial charge < -0.3 is 5.32 Å². The van der Waals surface area contributed by atoms with E-state index >= 15 is 0 Å². The number of carbonyl (C=O) groups is 1. The fourth-order valence-electron chi connectivity index (χ4n) is 3.52. The molecule has 0 saturated heterocycles. The maximum Gasteiger partial charge on any atom is 0.229 e. The summed E-state index contributed by atoms with van der Waals surface area (Å²) >= 11 is 5.94. The number of aromatic nitrogens is 1. The van der Waals surface area contributed by atoms with Crippen LogP contribution < -0.4 is 10.0 Å². The number of halogens is 1. The van der Waals surface area contributed by atoms with Crippen LogP contribution in [0.15, 0.2) is 60.8 Å². The predicted molar refractivity (Wildman–Crippen MR) is 115 cm³/mol. The van der Waals surface area contributed by atoms with E-state index in [1.54, 1.807) is 48.7 Å². The minimum absolute atomic E-state index is 0.0208. The van der Waals surface area contributed by atoms with Crippen molar-refractivity contribution in [3.63, 3.8) is 0 Å². The molecule has 2 N–H and O–H groups in total. The molecule has 29 heavy (non-hydrogen) atoms. The summed E-state index contributed by atoms with van der Waals surface area (Å²) in [6, 6.07) is 15.8. The van der Waals surface area contributed by atoms with Crippen LogP contribution in [0, 0.1) is 0 Å². The standard InChI is InChI=1S/C21H18ClN3O3S/c1-29(27,28)25-16-4-2-3-14(11-16)17-9-10-23-21-19(17)18(12-24-21)20(26)13-5-7-15(22)8-6-13/h2-11,18,25H,12H2,1H3,(H,23,24). The number of nitrogens with zero attached hydrogens (tertiary/aromatic N) is 1. The monoisotopic (exact) mass is 427 g/mol. The molecule has 0 spiro atoms. The molecule has 2 heterocycles. The zero-order valence-electron chi connectivity index (χ0n) is 15.5. The zero-order valence-corrected chi connectivity index (χ0v) is 17.1. The summed E-state index contributed by atoms with van der Waals surface area (Å²) in [6.07, 6.45) is 2.78. The first-order valence-corrected chi connectivity index (χ1v) is 11.2. The van der Waals surface area contributed by atoms with Gasteiger partial charge in [0.25, 0.3) is 0 Å². The van der Waals surface area contributed by atoms with Gasteiger partial charge in [0.1, 0.15) is 5.82 Å². The molecule has 6 nitrogen and oxygen atoms in total. The Hall–Kier alpha value is -2.90. The highest BCUT2D eigenvalue weighted by molar-refractivity contribution is 7.92. The molecule has 148 valence electrons. The molecule has 8 heteroatoms. The van der Waals surface area contributed by atoms with Crippen molar-refractivity contribution in [1.29, 1.82) is 0 Å². The molecule has 0 radical (unpaired) electrons. The highest BCUT2D eigenvalue weighted by Gasteiger charge is 2.32. The number of nitrogens with one attached hydrogen (secondary N) is 2. The van der Waals surface area contributed by atoms with Gasteiger partial charge in [-0.2, -0.15) is 0 Å². The Labute approximate surface area is 174 Å². The van der Waals surface area contributed by atoms with Crippen LogP contribution >= 0.6 is 11.6 Å². The minimum atomic E-state index is -3.39. The second-order valence-corrected chi connectivity index (χ2v) is 9.07. The molecule has 1 aliphatic rings. The number of benzene rings is 2. The topological polar surface area (TPSA) is 88.2 Å². The Kier molecular flexibility index (Phi) is 5.02. The van der Waals surface area contributed by atoms with E-state index in [0.717, 1.165) is 22.9 Å². The summed E-state index contributed by atoms with van der Waals surface area (Å²) < 4.78 is 25.6. The first-order chi connectivity index (χ1) is 13.8. The first kappa shape index (κ1) is 19.4. The Morgan fingerprint density at radius 2 is 1.93 bits per heavy atom. The van der Waals surface area contributed by atoms with E-state index in [-0.39, 0.29) is 5.78 Å². The molecule has 1 unspecified atom stereocenters. The number of Topliss-reactive ketones (excluding diaryl/α,β-unsaturated/α-hetero) is 1. The van der Waals surface area contributed by atoms with Crippen LogP contribution in [0.4, 0.5) is 11.5 Å². The van der Waals surface area contributed by atoms with E-state index in [0.29, 0.717) is 28.6 Å².